The van der Waals surface area contributed by atoms with Crippen molar-refractivity contribution in [3.05, 3.63) is 100 Å². The van der Waals surface area contributed by atoms with Crippen LogP contribution in [0.5, 0.6) is 0 Å². The van der Waals surface area contributed by atoms with Gasteiger partial charge in [0.05, 0.1) is 41.6 Å². The number of aromatic nitrogens is 2. The van der Waals surface area contributed by atoms with Crippen LogP contribution in [0.3, 0.4) is 0 Å². The zero-order chi connectivity index (χ0) is 21.1. The lowest BCUT2D eigenvalue weighted by Crippen LogP contribution is -2.24. The van der Waals surface area contributed by atoms with E-state index in [1.807, 2.05) is 18.2 Å². The van der Waals surface area contributed by atoms with Crippen molar-refractivity contribution in [1.29, 1.82) is 0 Å². The fourth-order valence-corrected chi connectivity index (χ4v) is 4.30. The molecule has 0 aliphatic rings. The third-order valence-electron chi connectivity index (χ3n) is 4.74. The summed E-state index contributed by atoms with van der Waals surface area (Å²) in [7, 11) is -0.0278. The van der Waals surface area contributed by atoms with Gasteiger partial charge in [-0.2, -0.15) is 5.10 Å². The van der Waals surface area contributed by atoms with Crippen LogP contribution < -0.4 is 5.56 Å². The van der Waals surface area contributed by atoms with Crippen molar-refractivity contribution >= 4 is 27.5 Å². The molecule has 4 rings (SSSR count). The fourth-order valence-electron chi connectivity index (χ4n) is 3.20. The predicted octanol–water partition coefficient (Wildman–Crippen LogP) is 3.40. The lowest BCUT2D eigenvalue weighted by molar-refractivity contribution is 0.0599. The van der Waals surface area contributed by atoms with Gasteiger partial charge >= 0.3 is 5.97 Å². The summed E-state index contributed by atoms with van der Waals surface area (Å²) in [5, 5.41) is 5.33. The monoisotopic (exact) mass is 418 g/mol. The molecule has 150 valence electrons. The summed E-state index contributed by atoms with van der Waals surface area (Å²) in [6.45, 7) is 0.137. The molecule has 0 N–H and O–H groups in total. The van der Waals surface area contributed by atoms with Gasteiger partial charge in [-0.1, -0.05) is 36.4 Å². The van der Waals surface area contributed by atoms with E-state index in [0.29, 0.717) is 31.7 Å². The van der Waals surface area contributed by atoms with Crippen LogP contribution in [0.2, 0.25) is 0 Å². The Kier molecular flexibility index (Phi) is 5.54. The number of hydrogen-bond donors (Lipinski definition) is 0. The molecule has 30 heavy (non-hydrogen) atoms. The second kappa shape index (κ2) is 8.42. The summed E-state index contributed by atoms with van der Waals surface area (Å²) >= 11 is 0. The molecule has 1 atom stereocenters. The van der Waals surface area contributed by atoms with Gasteiger partial charge in [0.25, 0.3) is 5.56 Å². The zero-order valence-corrected chi connectivity index (χ0v) is 17.0. The molecule has 4 aromatic rings. The lowest BCUT2D eigenvalue weighted by Gasteiger charge is -2.10. The first-order chi connectivity index (χ1) is 14.6. The molecule has 6 nitrogen and oxygen atoms in total. The number of nitrogens with zero attached hydrogens (tertiary/aromatic N) is 2. The van der Waals surface area contributed by atoms with Crippen molar-refractivity contribution in [2.75, 3.05) is 7.11 Å². The Morgan fingerprint density at radius 1 is 1.00 bits per heavy atom. The van der Waals surface area contributed by atoms with Crippen LogP contribution in [0.25, 0.3) is 10.8 Å². The normalized spacial score (nSPS) is 11.9. The van der Waals surface area contributed by atoms with Crippen LogP contribution in [-0.2, 0) is 22.1 Å². The molecule has 0 saturated heterocycles. The van der Waals surface area contributed by atoms with Gasteiger partial charge in [0.15, 0.2) is 0 Å². The minimum atomic E-state index is -1.34. The van der Waals surface area contributed by atoms with Gasteiger partial charge < -0.3 is 4.74 Å². The van der Waals surface area contributed by atoms with Crippen molar-refractivity contribution in [3.8, 4) is 0 Å². The van der Waals surface area contributed by atoms with E-state index in [1.165, 1.54) is 11.8 Å². The van der Waals surface area contributed by atoms with Crippen LogP contribution in [-0.4, -0.2) is 27.1 Å². The van der Waals surface area contributed by atoms with Crippen molar-refractivity contribution in [1.82, 2.24) is 9.78 Å². The molecule has 1 heterocycles. The number of carbonyl (C=O) groups is 1. The first kappa shape index (κ1) is 19.7. The molecule has 0 saturated carbocycles. The average molecular weight is 418 g/mol. The summed E-state index contributed by atoms with van der Waals surface area (Å²) in [4.78, 5) is 26.2. The molecule has 0 fully saturated rings. The Hall–Kier alpha value is -3.58. The third kappa shape index (κ3) is 3.79. The Balaban J connectivity index is 1.70. The largest absolute Gasteiger partial charge is 0.465 e. The maximum atomic E-state index is 12.9. The minimum absolute atomic E-state index is 0.137. The molecule has 0 aliphatic carbocycles. The van der Waals surface area contributed by atoms with Crippen molar-refractivity contribution in [2.24, 2.45) is 0 Å². The zero-order valence-electron chi connectivity index (χ0n) is 16.1. The van der Waals surface area contributed by atoms with E-state index in [1.54, 1.807) is 60.8 Å². The van der Waals surface area contributed by atoms with Crippen molar-refractivity contribution in [3.63, 3.8) is 0 Å². The average Bonchev–Trinajstić information content (AvgIpc) is 2.80. The number of methoxy groups -OCH3 is 1. The molecule has 1 aromatic heterocycles. The van der Waals surface area contributed by atoms with Crippen LogP contribution in [0.15, 0.2) is 93.6 Å². The SMILES string of the molecule is COC(=O)c1ccccc1Cn1ncc2cc(S(=O)c3ccccc3)ccc2c1=O. The quantitative estimate of drug-likeness (QED) is 0.464. The molecular formula is C23H18N2O4S. The maximum Gasteiger partial charge on any atom is 0.338 e. The van der Waals surface area contributed by atoms with Crippen LogP contribution in [0.1, 0.15) is 15.9 Å². The summed E-state index contributed by atoms with van der Waals surface area (Å²) < 4.78 is 18.9. The first-order valence-electron chi connectivity index (χ1n) is 9.21. The third-order valence-corrected chi connectivity index (χ3v) is 6.12. The van der Waals surface area contributed by atoms with E-state index in [2.05, 4.69) is 5.10 Å². The predicted molar refractivity (Wildman–Crippen MR) is 114 cm³/mol. The molecule has 1 unspecified atom stereocenters. The van der Waals surface area contributed by atoms with Gasteiger partial charge in [0.1, 0.15) is 0 Å². The van der Waals surface area contributed by atoms with Crippen molar-refractivity contribution in [2.45, 2.75) is 16.3 Å². The van der Waals surface area contributed by atoms with Gasteiger partial charge in [0, 0.05) is 15.2 Å². The van der Waals surface area contributed by atoms with Crippen molar-refractivity contribution < 1.29 is 13.7 Å². The van der Waals surface area contributed by atoms with E-state index < -0.39 is 16.8 Å². The molecule has 0 bridgehead atoms. The van der Waals surface area contributed by atoms with Gasteiger partial charge in [-0.3, -0.25) is 4.79 Å². The highest BCUT2D eigenvalue weighted by atomic mass is 32.2. The number of hydrogen-bond acceptors (Lipinski definition) is 5. The van der Waals surface area contributed by atoms with Gasteiger partial charge in [-0.15, -0.1) is 0 Å². The topological polar surface area (TPSA) is 78.3 Å². The number of ether oxygens (including phenoxy) is 1. The summed E-state index contributed by atoms with van der Waals surface area (Å²) in [6, 6.07) is 21.2. The molecule has 7 heteroatoms. The highest BCUT2D eigenvalue weighted by molar-refractivity contribution is 7.85. The summed E-state index contributed by atoms with van der Waals surface area (Å²) in [6.07, 6.45) is 1.57. The number of fused-ring (bicyclic) bond motifs is 1. The molecule has 0 radical (unpaired) electrons. The Morgan fingerprint density at radius 2 is 1.73 bits per heavy atom. The van der Waals surface area contributed by atoms with E-state index in [9.17, 15) is 13.8 Å². The maximum absolute atomic E-state index is 12.9. The summed E-state index contributed by atoms with van der Waals surface area (Å²) in [5.41, 5.74) is 0.742. The van der Waals surface area contributed by atoms with E-state index >= 15 is 0 Å². The standard InChI is InChI=1S/C23H18N2O4S/c1-29-23(27)21-10-6-5-7-16(21)15-25-22(26)20-12-11-19(13-17(20)14-24-25)30(28)18-8-3-2-4-9-18/h2-14H,15H2,1H3. The second-order valence-electron chi connectivity index (χ2n) is 6.59. The number of carbonyl (C=O) groups excluding carboxylic acids is 1. The van der Waals surface area contributed by atoms with E-state index in [4.69, 9.17) is 4.74 Å². The van der Waals surface area contributed by atoms with Gasteiger partial charge in [0.2, 0.25) is 0 Å². The molecule has 0 amide bonds. The van der Waals surface area contributed by atoms with E-state index in [-0.39, 0.29) is 12.1 Å². The second-order valence-corrected chi connectivity index (χ2v) is 8.07. The number of esters is 1. The molecular weight excluding hydrogens is 400 g/mol. The lowest BCUT2D eigenvalue weighted by atomic mass is 10.1. The Labute approximate surface area is 175 Å². The smallest absolute Gasteiger partial charge is 0.338 e. The first-order valence-corrected chi connectivity index (χ1v) is 10.4. The highest BCUT2D eigenvalue weighted by Gasteiger charge is 2.14. The van der Waals surface area contributed by atoms with Gasteiger partial charge in [-0.25, -0.2) is 13.7 Å². The fraction of sp³-hybridized carbons (Fsp3) is 0.0870. The van der Waals surface area contributed by atoms with Gasteiger partial charge in [-0.05, 0) is 42.0 Å². The number of benzene rings is 3. The Morgan fingerprint density at radius 3 is 2.50 bits per heavy atom. The molecule has 3 aromatic carbocycles. The highest BCUT2D eigenvalue weighted by Crippen LogP contribution is 2.20. The van der Waals surface area contributed by atoms with Crippen LogP contribution >= 0.6 is 0 Å². The summed E-state index contributed by atoms with van der Waals surface area (Å²) in [5.74, 6) is -0.465. The van der Waals surface area contributed by atoms with Crippen LogP contribution in [0, 0.1) is 0 Å². The molecule has 0 aliphatic heterocycles. The molecule has 0 spiro atoms. The Bertz CT molecular complexity index is 1320. The number of rotatable bonds is 5. The van der Waals surface area contributed by atoms with Crippen LogP contribution in [0.4, 0.5) is 0 Å². The van der Waals surface area contributed by atoms with E-state index in [0.717, 1.165) is 0 Å². The minimum Gasteiger partial charge on any atom is -0.465 e.